The van der Waals surface area contributed by atoms with Crippen LogP contribution in [0.15, 0.2) is 0 Å². The molecule has 1 atom stereocenters. The fourth-order valence-electron chi connectivity index (χ4n) is 2.24. The molecule has 1 aliphatic rings. The molecule has 1 heterocycles. The molecule has 0 saturated carbocycles. The predicted molar refractivity (Wildman–Crippen MR) is 70.4 cm³/mol. The third-order valence-corrected chi connectivity index (χ3v) is 3.30. The number of hydrogen-bond donors (Lipinski definition) is 3. The Morgan fingerprint density at radius 2 is 2.22 bits per heavy atom. The zero-order chi connectivity index (χ0) is 13.4. The fourth-order valence-corrected chi connectivity index (χ4v) is 2.24. The van der Waals surface area contributed by atoms with E-state index in [2.05, 4.69) is 27.8 Å². The molecule has 0 aromatic carbocycles. The van der Waals surface area contributed by atoms with E-state index in [0.29, 0.717) is 19.0 Å². The van der Waals surface area contributed by atoms with Gasteiger partial charge in [-0.05, 0) is 25.9 Å². The number of imide groups is 1. The van der Waals surface area contributed by atoms with Gasteiger partial charge in [0.1, 0.15) is 0 Å². The number of carbonyl (C=O) groups excluding carboxylic acids is 2. The first kappa shape index (κ1) is 14.9. The van der Waals surface area contributed by atoms with Gasteiger partial charge in [-0.25, -0.2) is 4.79 Å². The van der Waals surface area contributed by atoms with Gasteiger partial charge in [-0.15, -0.1) is 0 Å². The highest BCUT2D eigenvalue weighted by atomic mass is 16.2. The third-order valence-electron chi connectivity index (χ3n) is 3.30. The van der Waals surface area contributed by atoms with E-state index in [0.717, 1.165) is 19.6 Å². The second-order valence-electron chi connectivity index (χ2n) is 4.51. The quantitative estimate of drug-likeness (QED) is 0.642. The Morgan fingerprint density at radius 3 is 2.78 bits per heavy atom. The van der Waals surface area contributed by atoms with E-state index in [-0.39, 0.29) is 5.91 Å². The number of amides is 3. The van der Waals surface area contributed by atoms with Crippen molar-refractivity contribution in [1.29, 1.82) is 0 Å². The molecule has 0 radical (unpaired) electrons. The highest BCUT2D eigenvalue weighted by Crippen LogP contribution is 2.10. The van der Waals surface area contributed by atoms with Gasteiger partial charge < -0.3 is 10.6 Å². The number of urea groups is 1. The van der Waals surface area contributed by atoms with Crippen LogP contribution in [-0.2, 0) is 4.79 Å². The smallest absolute Gasteiger partial charge is 0.321 e. The molecule has 6 heteroatoms. The summed E-state index contributed by atoms with van der Waals surface area (Å²) >= 11 is 0. The van der Waals surface area contributed by atoms with Gasteiger partial charge >= 0.3 is 6.03 Å². The highest BCUT2D eigenvalue weighted by molar-refractivity contribution is 5.94. The van der Waals surface area contributed by atoms with Crippen LogP contribution >= 0.6 is 0 Å². The summed E-state index contributed by atoms with van der Waals surface area (Å²) in [6, 6.07) is 0.0685. The summed E-state index contributed by atoms with van der Waals surface area (Å²) in [5, 5.41) is 8.02. The summed E-state index contributed by atoms with van der Waals surface area (Å²) in [5.41, 5.74) is 0. The summed E-state index contributed by atoms with van der Waals surface area (Å²) in [5.74, 6) is -0.225. The van der Waals surface area contributed by atoms with E-state index in [1.165, 1.54) is 19.9 Å². The summed E-state index contributed by atoms with van der Waals surface area (Å²) in [6.07, 6.45) is 2.72. The number of likely N-dealkylation sites (N-methyl/N-ethyl adjacent to an activating group) is 1. The van der Waals surface area contributed by atoms with Crippen molar-refractivity contribution in [3.8, 4) is 0 Å². The second kappa shape index (κ2) is 8.05. The maximum Gasteiger partial charge on any atom is 0.321 e. The normalized spacial score (nSPS) is 19.6. The number of nitrogens with one attached hydrogen (secondary N) is 3. The van der Waals surface area contributed by atoms with Gasteiger partial charge in [-0.1, -0.05) is 6.92 Å². The first-order chi connectivity index (χ1) is 8.67. The van der Waals surface area contributed by atoms with Gasteiger partial charge in [0, 0.05) is 32.6 Å². The molecule has 0 bridgehead atoms. The van der Waals surface area contributed by atoms with Crippen molar-refractivity contribution in [2.45, 2.75) is 32.2 Å². The van der Waals surface area contributed by atoms with Crippen LogP contribution in [-0.4, -0.2) is 56.1 Å². The molecule has 0 aromatic rings. The average molecular weight is 256 g/mol. The van der Waals surface area contributed by atoms with E-state index < -0.39 is 6.03 Å². The van der Waals surface area contributed by atoms with Gasteiger partial charge in [-0.2, -0.15) is 0 Å². The first-order valence-corrected chi connectivity index (χ1v) is 6.63. The topological polar surface area (TPSA) is 73.5 Å². The third kappa shape index (κ3) is 5.01. The van der Waals surface area contributed by atoms with Crippen molar-refractivity contribution in [2.75, 3.05) is 33.2 Å². The molecule has 1 aliphatic heterocycles. The van der Waals surface area contributed by atoms with Gasteiger partial charge in [0.25, 0.3) is 0 Å². The SMILES string of the molecule is CCN(CCC(=O)NC(=O)NC)C1CCCNC1. The van der Waals surface area contributed by atoms with E-state index in [1.807, 2.05) is 0 Å². The standard InChI is InChI=1S/C12H24N4O2/c1-3-16(10-5-4-7-14-9-10)8-6-11(17)15-12(18)13-2/h10,14H,3-9H2,1-2H3,(H2,13,15,17,18). The van der Waals surface area contributed by atoms with Crippen LogP contribution in [0, 0.1) is 0 Å². The van der Waals surface area contributed by atoms with Crippen molar-refractivity contribution in [2.24, 2.45) is 0 Å². The van der Waals surface area contributed by atoms with Crippen molar-refractivity contribution < 1.29 is 9.59 Å². The molecule has 1 saturated heterocycles. The minimum atomic E-state index is -0.442. The maximum absolute atomic E-state index is 11.5. The minimum absolute atomic E-state index is 0.225. The van der Waals surface area contributed by atoms with E-state index in [4.69, 9.17) is 0 Å². The number of nitrogens with zero attached hydrogens (tertiary/aromatic N) is 1. The molecule has 18 heavy (non-hydrogen) atoms. The number of rotatable bonds is 5. The van der Waals surface area contributed by atoms with Crippen LogP contribution < -0.4 is 16.0 Å². The van der Waals surface area contributed by atoms with E-state index >= 15 is 0 Å². The largest absolute Gasteiger partial charge is 0.341 e. The summed E-state index contributed by atoms with van der Waals surface area (Å²) in [6.45, 7) is 5.81. The lowest BCUT2D eigenvalue weighted by atomic mass is 10.1. The van der Waals surface area contributed by atoms with Gasteiger partial charge in [0.05, 0.1) is 0 Å². The average Bonchev–Trinajstić information content (AvgIpc) is 2.40. The molecule has 0 aliphatic carbocycles. The summed E-state index contributed by atoms with van der Waals surface area (Å²) < 4.78 is 0. The summed E-state index contributed by atoms with van der Waals surface area (Å²) in [4.78, 5) is 24.8. The Labute approximate surface area is 108 Å². The van der Waals surface area contributed by atoms with Crippen LogP contribution in [0.1, 0.15) is 26.2 Å². The Kier molecular flexibility index (Phi) is 6.67. The van der Waals surface area contributed by atoms with Crippen LogP contribution in [0.25, 0.3) is 0 Å². The van der Waals surface area contributed by atoms with Crippen molar-refractivity contribution >= 4 is 11.9 Å². The Bertz CT molecular complexity index is 277. The molecule has 1 fully saturated rings. The highest BCUT2D eigenvalue weighted by Gasteiger charge is 2.20. The Morgan fingerprint density at radius 1 is 1.44 bits per heavy atom. The molecule has 6 nitrogen and oxygen atoms in total. The molecule has 1 rings (SSSR count). The van der Waals surface area contributed by atoms with E-state index in [9.17, 15) is 9.59 Å². The van der Waals surface area contributed by atoms with Gasteiger partial charge in [0.15, 0.2) is 0 Å². The fraction of sp³-hybridized carbons (Fsp3) is 0.833. The molecular formula is C12H24N4O2. The van der Waals surface area contributed by atoms with Crippen LogP contribution in [0.3, 0.4) is 0 Å². The molecule has 104 valence electrons. The predicted octanol–water partition coefficient (Wildman–Crippen LogP) is -0.0940. The lowest BCUT2D eigenvalue weighted by Gasteiger charge is -2.33. The van der Waals surface area contributed by atoms with Crippen LogP contribution in [0.4, 0.5) is 4.79 Å². The van der Waals surface area contributed by atoms with Gasteiger partial charge in [0.2, 0.25) is 5.91 Å². The number of hydrogen-bond acceptors (Lipinski definition) is 4. The monoisotopic (exact) mass is 256 g/mol. The van der Waals surface area contributed by atoms with Gasteiger partial charge in [-0.3, -0.25) is 15.0 Å². The lowest BCUT2D eigenvalue weighted by Crippen LogP contribution is -2.47. The van der Waals surface area contributed by atoms with Crippen LogP contribution in [0.2, 0.25) is 0 Å². The van der Waals surface area contributed by atoms with Crippen molar-refractivity contribution in [3.63, 3.8) is 0 Å². The number of carbonyl (C=O) groups is 2. The zero-order valence-electron chi connectivity index (χ0n) is 11.3. The maximum atomic E-state index is 11.5. The molecule has 0 aromatic heterocycles. The molecule has 0 spiro atoms. The van der Waals surface area contributed by atoms with Crippen molar-refractivity contribution in [3.05, 3.63) is 0 Å². The Hall–Kier alpha value is -1.14. The first-order valence-electron chi connectivity index (χ1n) is 6.63. The van der Waals surface area contributed by atoms with Crippen LogP contribution in [0.5, 0.6) is 0 Å². The Balaban J connectivity index is 2.29. The molecule has 3 N–H and O–H groups in total. The van der Waals surface area contributed by atoms with Crippen molar-refractivity contribution in [1.82, 2.24) is 20.9 Å². The molecule has 3 amide bonds. The minimum Gasteiger partial charge on any atom is -0.341 e. The molecule has 1 unspecified atom stereocenters. The summed E-state index contributed by atoms with van der Waals surface area (Å²) in [7, 11) is 1.49. The number of piperidine rings is 1. The zero-order valence-corrected chi connectivity index (χ0v) is 11.3. The molecular weight excluding hydrogens is 232 g/mol. The second-order valence-corrected chi connectivity index (χ2v) is 4.51. The van der Waals surface area contributed by atoms with E-state index in [1.54, 1.807) is 0 Å². The lowest BCUT2D eigenvalue weighted by molar-refractivity contribution is -0.120.